The minimum Gasteiger partial charge on any atom is -0.461 e. The van der Waals surface area contributed by atoms with E-state index in [1.807, 2.05) is 54.6 Å². The summed E-state index contributed by atoms with van der Waals surface area (Å²) in [5.74, 6) is 0.688. The van der Waals surface area contributed by atoms with Gasteiger partial charge in [0.2, 0.25) is 0 Å². The zero-order valence-corrected chi connectivity index (χ0v) is 16.6. The van der Waals surface area contributed by atoms with Gasteiger partial charge in [-0.2, -0.15) is 4.68 Å². The Labute approximate surface area is 166 Å². The minimum absolute atomic E-state index is 0.0352. The fraction of sp³-hybridized carbons (Fsp3) is 0.435. The van der Waals surface area contributed by atoms with Crippen LogP contribution in [-0.4, -0.2) is 20.8 Å². The van der Waals surface area contributed by atoms with Gasteiger partial charge in [-0.1, -0.05) is 81.0 Å². The SMILES string of the molecule is CCCCCCCCCC(=O)C(Oc1ccccc1)n1nnc2ccccc21. The molecule has 0 aliphatic carbocycles. The van der Waals surface area contributed by atoms with Crippen molar-refractivity contribution in [2.24, 2.45) is 0 Å². The molecule has 0 amide bonds. The van der Waals surface area contributed by atoms with Crippen molar-refractivity contribution >= 4 is 16.8 Å². The molecule has 2 aromatic carbocycles. The summed E-state index contributed by atoms with van der Waals surface area (Å²) in [6.07, 6.45) is 7.92. The first kappa shape index (κ1) is 20.1. The van der Waals surface area contributed by atoms with Crippen molar-refractivity contribution in [1.29, 1.82) is 0 Å². The summed E-state index contributed by atoms with van der Waals surface area (Å²) in [5.41, 5.74) is 1.56. The lowest BCUT2D eigenvalue weighted by Gasteiger charge is -2.18. The molecule has 0 spiro atoms. The lowest BCUT2D eigenvalue weighted by Crippen LogP contribution is -2.26. The molecular formula is C23H29N3O2. The van der Waals surface area contributed by atoms with E-state index in [4.69, 9.17) is 4.74 Å². The third-order valence-corrected chi connectivity index (χ3v) is 4.89. The number of ketones is 1. The highest BCUT2D eigenvalue weighted by Gasteiger charge is 2.25. The van der Waals surface area contributed by atoms with Gasteiger partial charge >= 0.3 is 0 Å². The zero-order valence-electron chi connectivity index (χ0n) is 16.6. The number of aromatic nitrogens is 3. The lowest BCUT2D eigenvalue weighted by atomic mass is 10.1. The van der Waals surface area contributed by atoms with Gasteiger partial charge in [0.25, 0.3) is 6.23 Å². The van der Waals surface area contributed by atoms with Crippen molar-refractivity contribution in [3.8, 4) is 5.75 Å². The Balaban J connectivity index is 1.67. The molecule has 0 aliphatic rings. The summed E-state index contributed by atoms with van der Waals surface area (Å²) >= 11 is 0. The molecule has 0 aliphatic heterocycles. The second-order valence-electron chi connectivity index (χ2n) is 7.14. The Hall–Kier alpha value is -2.69. The molecule has 1 atom stereocenters. The molecule has 0 saturated carbocycles. The van der Waals surface area contributed by atoms with Gasteiger partial charge in [-0.25, -0.2) is 0 Å². The first-order chi connectivity index (χ1) is 13.8. The van der Waals surface area contributed by atoms with Crippen LogP contribution in [0.15, 0.2) is 54.6 Å². The third-order valence-electron chi connectivity index (χ3n) is 4.89. The molecule has 148 valence electrons. The minimum atomic E-state index is -0.796. The highest BCUT2D eigenvalue weighted by Crippen LogP contribution is 2.23. The van der Waals surface area contributed by atoms with Gasteiger partial charge in [0.1, 0.15) is 11.3 Å². The number of benzene rings is 2. The average molecular weight is 380 g/mol. The van der Waals surface area contributed by atoms with Gasteiger partial charge in [-0.05, 0) is 30.7 Å². The molecule has 0 bridgehead atoms. The molecule has 5 heteroatoms. The number of carbonyl (C=O) groups is 1. The molecule has 1 unspecified atom stereocenters. The Bertz CT molecular complexity index is 860. The molecule has 5 nitrogen and oxygen atoms in total. The number of unbranched alkanes of at least 4 members (excludes halogenated alkanes) is 6. The van der Waals surface area contributed by atoms with Gasteiger partial charge in [0, 0.05) is 6.42 Å². The molecule has 3 rings (SSSR count). The number of carbonyl (C=O) groups excluding carboxylic acids is 1. The third kappa shape index (κ3) is 5.41. The number of hydrogen-bond donors (Lipinski definition) is 0. The standard InChI is InChI=1S/C23H29N3O2/c1-2-3-4-5-6-7-11-18-22(27)23(28-19-14-9-8-10-15-19)26-21-17-13-12-16-20(21)24-25-26/h8-10,12-17,23H,2-7,11,18H2,1H3. The molecule has 0 radical (unpaired) electrons. The van der Waals surface area contributed by atoms with E-state index in [-0.39, 0.29) is 5.78 Å². The first-order valence-corrected chi connectivity index (χ1v) is 10.3. The molecule has 0 saturated heterocycles. The quantitative estimate of drug-likeness (QED) is 0.378. The van der Waals surface area contributed by atoms with Crippen molar-refractivity contribution in [2.45, 2.75) is 64.5 Å². The van der Waals surface area contributed by atoms with Gasteiger partial charge in [-0.15, -0.1) is 5.10 Å². The van der Waals surface area contributed by atoms with Crippen molar-refractivity contribution in [1.82, 2.24) is 15.0 Å². The maximum atomic E-state index is 13.0. The van der Waals surface area contributed by atoms with Crippen molar-refractivity contribution in [2.75, 3.05) is 0 Å². The molecule has 1 aromatic heterocycles. The van der Waals surface area contributed by atoms with E-state index in [1.54, 1.807) is 4.68 Å². The fourth-order valence-corrected chi connectivity index (χ4v) is 3.32. The highest BCUT2D eigenvalue weighted by molar-refractivity contribution is 5.84. The second kappa shape index (κ2) is 10.6. The maximum absolute atomic E-state index is 13.0. The van der Waals surface area contributed by atoms with E-state index < -0.39 is 6.23 Å². The van der Waals surface area contributed by atoms with Gasteiger partial charge < -0.3 is 4.74 Å². The van der Waals surface area contributed by atoms with Crippen LogP contribution in [0, 0.1) is 0 Å². The fourth-order valence-electron chi connectivity index (χ4n) is 3.32. The van der Waals surface area contributed by atoms with Crippen LogP contribution in [0.3, 0.4) is 0 Å². The smallest absolute Gasteiger partial charge is 0.252 e. The van der Waals surface area contributed by atoms with E-state index in [2.05, 4.69) is 17.2 Å². The summed E-state index contributed by atoms with van der Waals surface area (Å²) in [6.45, 7) is 2.22. The number of hydrogen-bond acceptors (Lipinski definition) is 4. The Morgan fingerprint density at radius 1 is 0.929 bits per heavy atom. The predicted octanol–water partition coefficient (Wildman–Crippen LogP) is 5.72. The summed E-state index contributed by atoms with van der Waals surface area (Å²) < 4.78 is 7.65. The number of para-hydroxylation sites is 2. The molecule has 0 N–H and O–H groups in total. The van der Waals surface area contributed by atoms with Gasteiger partial charge in [-0.3, -0.25) is 4.79 Å². The molecule has 3 aromatic rings. The van der Waals surface area contributed by atoms with Crippen molar-refractivity contribution < 1.29 is 9.53 Å². The van der Waals surface area contributed by atoms with E-state index >= 15 is 0 Å². The largest absolute Gasteiger partial charge is 0.461 e. The lowest BCUT2D eigenvalue weighted by molar-refractivity contribution is -0.130. The monoisotopic (exact) mass is 379 g/mol. The average Bonchev–Trinajstić information content (AvgIpc) is 3.16. The van der Waals surface area contributed by atoms with Gasteiger partial charge in [0.15, 0.2) is 5.78 Å². The van der Waals surface area contributed by atoms with Crippen LogP contribution in [0.1, 0.15) is 64.5 Å². The van der Waals surface area contributed by atoms with Crippen LogP contribution in [0.25, 0.3) is 11.0 Å². The Morgan fingerprint density at radius 3 is 2.39 bits per heavy atom. The van der Waals surface area contributed by atoms with Crippen LogP contribution in [0.4, 0.5) is 0 Å². The van der Waals surface area contributed by atoms with Crippen molar-refractivity contribution in [3.63, 3.8) is 0 Å². The van der Waals surface area contributed by atoms with Crippen molar-refractivity contribution in [3.05, 3.63) is 54.6 Å². The number of nitrogens with zero attached hydrogens (tertiary/aromatic N) is 3. The maximum Gasteiger partial charge on any atom is 0.252 e. The highest BCUT2D eigenvalue weighted by atomic mass is 16.5. The Kier molecular flexibility index (Phi) is 7.59. The zero-order chi connectivity index (χ0) is 19.6. The molecule has 28 heavy (non-hydrogen) atoms. The van der Waals surface area contributed by atoms with Crippen LogP contribution >= 0.6 is 0 Å². The number of rotatable bonds is 12. The van der Waals surface area contributed by atoms with E-state index in [0.717, 1.165) is 23.9 Å². The molecular weight excluding hydrogens is 350 g/mol. The van der Waals surface area contributed by atoms with Crippen LogP contribution in [-0.2, 0) is 4.79 Å². The predicted molar refractivity (Wildman–Crippen MR) is 111 cm³/mol. The van der Waals surface area contributed by atoms with Crippen LogP contribution in [0.5, 0.6) is 5.75 Å². The summed E-state index contributed by atoms with van der Waals surface area (Å²) in [7, 11) is 0. The second-order valence-corrected chi connectivity index (χ2v) is 7.14. The van der Waals surface area contributed by atoms with E-state index in [0.29, 0.717) is 12.2 Å². The number of ether oxygens (including phenoxy) is 1. The van der Waals surface area contributed by atoms with E-state index in [9.17, 15) is 4.79 Å². The number of fused-ring (bicyclic) bond motifs is 1. The first-order valence-electron chi connectivity index (χ1n) is 10.3. The van der Waals surface area contributed by atoms with E-state index in [1.165, 1.54) is 32.1 Å². The number of Topliss-reactive ketones (excluding diaryl/α,β-unsaturated/α-hetero) is 1. The normalized spacial score (nSPS) is 12.2. The summed E-state index contributed by atoms with van der Waals surface area (Å²) in [5, 5.41) is 8.39. The Morgan fingerprint density at radius 2 is 1.61 bits per heavy atom. The molecule has 0 fully saturated rings. The topological polar surface area (TPSA) is 57.0 Å². The summed E-state index contributed by atoms with van der Waals surface area (Å²) in [6, 6.07) is 17.1. The molecule has 1 heterocycles. The van der Waals surface area contributed by atoms with Crippen LogP contribution < -0.4 is 4.74 Å². The summed E-state index contributed by atoms with van der Waals surface area (Å²) in [4.78, 5) is 13.0. The van der Waals surface area contributed by atoms with Gasteiger partial charge in [0.05, 0.1) is 5.52 Å². The van der Waals surface area contributed by atoms with Crippen LogP contribution in [0.2, 0.25) is 0 Å².